The van der Waals surface area contributed by atoms with Gasteiger partial charge >= 0.3 is 6.03 Å². The Bertz CT molecular complexity index is 442. The molecule has 4 N–H and O–H groups in total. The number of carbonyl (C=O) groups excluding carboxylic acids is 1. The minimum atomic E-state index is -0.663. The number of nitrogens with one attached hydrogen (secondary N) is 1. The molecular weight excluding hydrogens is 242 g/mol. The van der Waals surface area contributed by atoms with E-state index >= 15 is 0 Å². The molecule has 104 valence electrons. The van der Waals surface area contributed by atoms with Gasteiger partial charge in [0.05, 0.1) is 5.69 Å². The lowest BCUT2D eigenvalue weighted by Gasteiger charge is -2.26. The van der Waals surface area contributed by atoms with Gasteiger partial charge in [0.15, 0.2) is 0 Å². The average molecular weight is 263 g/mol. The van der Waals surface area contributed by atoms with Gasteiger partial charge in [-0.05, 0) is 50.0 Å². The molecule has 0 saturated carbocycles. The number of urea groups is 1. The van der Waals surface area contributed by atoms with Crippen molar-refractivity contribution in [3.05, 3.63) is 23.8 Å². The zero-order valence-electron chi connectivity index (χ0n) is 11.1. The maximum absolute atomic E-state index is 10.8. The van der Waals surface area contributed by atoms with Crippen LogP contribution in [0.3, 0.4) is 0 Å². The van der Waals surface area contributed by atoms with Gasteiger partial charge in [0.1, 0.15) is 5.75 Å². The molecule has 2 amide bonds. The highest BCUT2D eigenvalue weighted by atomic mass is 16.3. The number of hydrogen-bond acceptors (Lipinski definition) is 3. The summed E-state index contributed by atoms with van der Waals surface area (Å²) in [4.78, 5) is 13.3. The lowest BCUT2D eigenvalue weighted by molar-refractivity contribution is 0.231. The maximum Gasteiger partial charge on any atom is 0.316 e. The van der Waals surface area contributed by atoms with Crippen LogP contribution in [-0.2, 0) is 6.42 Å². The first-order chi connectivity index (χ1) is 9.15. The minimum absolute atomic E-state index is 0.0422. The molecule has 5 nitrogen and oxygen atoms in total. The summed E-state index contributed by atoms with van der Waals surface area (Å²) in [5, 5.41) is 12.0. The molecule has 1 fully saturated rings. The molecule has 0 radical (unpaired) electrons. The summed E-state index contributed by atoms with van der Waals surface area (Å²) in [6.45, 7) is 3.36. The van der Waals surface area contributed by atoms with Crippen molar-refractivity contribution in [1.29, 1.82) is 0 Å². The highest BCUT2D eigenvalue weighted by molar-refractivity contribution is 5.89. The van der Waals surface area contributed by atoms with Crippen LogP contribution in [-0.4, -0.2) is 35.7 Å². The highest BCUT2D eigenvalue weighted by Crippen LogP contribution is 2.24. The number of carbonyl (C=O) groups is 1. The fraction of sp³-hybridized carbons (Fsp3) is 0.500. The number of rotatable bonds is 4. The third-order valence-corrected chi connectivity index (χ3v) is 3.48. The van der Waals surface area contributed by atoms with Gasteiger partial charge in [-0.2, -0.15) is 0 Å². The number of amides is 2. The first kappa shape index (κ1) is 13.7. The lowest BCUT2D eigenvalue weighted by atomic mass is 10.1. The third kappa shape index (κ3) is 4.13. The van der Waals surface area contributed by atoms with Gasteiger partial charge in [0.25, 0.3) is 0 Å². The highest BCUT2D eigenvalue weighted by Gasteiger charge is 2.10. The Hall–Kier alpha value is -1.75. The lowest BCUT2D eigenvalue weighted by Crippen LogP contribution is -2.31. The average Bonchev–Trinajstić information content (AvgIpc) is 2.40. The summed E-state index contributed by atoms with van der Waals surface area (Å²) in [5.74, 6) is 0.0422. The summed E-state index contributed by atoms with van der Waals surface area (Å²) in [5.41, 5.74) is 6.53. The van der Waals surface area contributed by atoms with Gasteiger partial charge in [-0.3, -0.25) is 0 Å². The SMILES string of the molecule is NC(=O)Nc1cc(CCN2CCCCC2)ccc1O. The van der Waals surface area contributed by atoms with Crippen molar-refractivity contribution in [3.8, 4) is 5.75 Å². The van der Waals surface area contributed by atoms with E-state index in [4.69, 9.17) is 5.73 Å². The Labute approximate surface area is 113 Å². The van der Waals surface area contributed by atoms with E-state index in [1.165, 1.54) is 32.4 Å². The quantitative estimate of drug-likeness (QED) is 0.726. The van der Waals surface area contributed by atoms with Gasteiger partial charge in [-0.25, -0.2) is 4.79 Å². The Morgan fingerprint density at radius 2 is 2.05 bits per heavy atom. The van der Waals surface area contributed by atoms with Crippen molar-refractivity contribution in [3.63, 3.8) is 0 Å². The van der Waals surface area contributed by atoms with Crippen LogP contribution in [0.5, 0.6) is 5.75 Å². The topological polar surface area (TPSA) is 78.6 Å². The fourth-order valence-electron chi connectivity index (χ4n) is 2.44. The van der Waals surface area contributed by atoms with E-state index < -0.39 is 6.03 Å². The molecule has 1 aliphatic heterocycles. The number of likely N-dealkylation sites (tertiary alicyclic amines) is 1. The summed E-state index contributed by atoms with van der Waals surface area (Å²) < 4.78 is 0. The van der Waals surface area contributed by atoms with E-state index in [1.807, 2.05) is 6.07 Å². The van der Waals surface area contributed by atoms with Crippen LogP contribution >= 0.6 is 0 Å². The number of phenols is 1. The molecule has 1 heterocycles. The summed E-state index contributed by atoms with van der Waals surface area (Å²) in [6, 6.07) is 4.59. The van der Waals surface area contributed by atoms with Gasteiger partial charge in [-0.15, -0.1) is 0 Å². The van der Waals surface area contributed by atoms with E-state index in [9.17, 15) is 9.90 Å². The molecule has 0 aromatic heterocycles. The largest absolute Gasteiger partial charge is 0.506 e. The molecule has 2 rings (SSSR count). The molecule has 0 bridgehead atoms. The van der Waals surface area contributed by atoms with Crippen LogP contribution in [0.15, 0.2) is 18.2 Å². The van der Waals surface area contributed by atoms with Crippen molar-refractivity contribution in [2.24, 2.45) is 5.73 Å². The Morgan fingerprint density at radius 3 is 2.74 bits per heavy atom. The smallest absolute Gasteiger partial charge is 0.316 e. The van der Waals surface area contributed by atoms with Crippen molar-refractivity contribution in [1.82, 2.24) is 4.90 Å². The normalized spacial score (nSPS) is 16.2. The van der Waals surface area contributed by atoms with Gasteiger partial charge in [0.2, 0.25) is 0 Å². The zero-order valence-corrected chi connectivity index (χ0v) is 11.1. The first-order valence-corrected chi connectivity index (χ1v) is 6.76. The molecule has 1 aromatic rings. The van der Waals surface area contributed by atoms with Crippen molar-refractivity contribution >= 4 is 11.7 Å². The van der Waals surface area contributed by atoms with Gasteiger partial charge < -0.3 is 21.1 Å². The number of benzene rings is 1. The van der Waals surface area contributed by atoms with E-state index in [0.29, 0.717) is 5.69 Å². The van der Waals surface area contributed by atoms with E-state index in [1.54, 1.807) is 12.1 Å². The molecule has 0 aliphatic carbocycles. The molecule has 1 saturated heterocycles. The first-order valence-electron chi connectivity index (χ1n) is 6.76. The second-order valence-electron chi connectivity index (χ2n) is 4.99. The van der Waals surface area contributed by atoms with E-state index in [-0.39, 0.29) is 5.75 Å². The summed E-state index contributed by atoms with van der Waals surface area (Å²) in [6.07, 6.45) is 4.81. The van der Waals surface area contributed by atoms with Gasteiger partial charge in [-0.1, -0.05) is 12.5 Å². The van der Waals surface area contributed by atoms with Crippen molar-refractivity contribution in [2.45, 2.75) is 25.7 Å². The minimum Gasteiger partial charge on any atom is -0.506 e. The van der Waals surface area contributed by atoms with Gasteiger partial charge in [0, 0.05) is 6.54 Å². The number of primary amides is 1. The van der Waals surface area contributed by atoms with Crippen LogP contribution in [0.4, 0.5) is 10.5 Å². The maximum atomic E-state index is 10.8. The van der Waals surface area contributed by atoms with Crippen molar-refractivity contribution < 1.29 is 9.90 Å². The second-order valence-corrected chi connectivity index (χ2v) is 4.99. The Balaban J connectivity index is 1.94. The van der Waals surface area contributed by atoms with Crippen LogP contribution in [0.1, 0.15) is 24.8 Å². The summed E-state index contributed by atoms with van der Waals surface area (Å²) >= 11 is 0. The fourth-order valence-corrected chi connectivity index (χ4v) is 2.44. The number of aromatic hydroxyl groups is 1. The predicted octanol–water partition coefficient (Wildman–Crippen LogP) is 1.91. The Kier molecular flexibility index (Phi) is 4.63. The van der Waals surface area contributed by atoms with E-state index in [0.717, 1.165) is 18.5 Å². The zero-order chi connectivity index (χ0) is 13.7. The predicted molar refractivity (Wildman–Crippen MR) is 75.3 cm³/mol. The second kappa shape index (κ2) is 6.43. The number of anilines is 1. The number of nitrogens with zero attached hydrogens (tertiary/aromatic N) is 1. The monoisotopic (exact) mass is 263 g/mol. The van der Waals surface area contributed by atoms with Crippen molar-refractivity contribution in [2.75, 3.05) is 25.0 Å². The number of nitrogens with two attached hydrogens (primary N) is 1. The van der Waals surface area contributed by atoms with Crippen LogP contribution in [0.2, 0.25) is 0 Å². The molecule has 0 unspecified atom stereocenters. The number of piperidine rings is 1. The summed E-state index contributed by atoms with van der Waals surface area (Å²) in [7, 11) is 0. The molecule has 5 heteroatoms. The van der Waals surface area contributed by atoms with Crippen LogP contribution < -0.4 is 11.1 Å². The molecule has 0 spiro atoms. The Morgan fingerprint density at radius 1 is 1.32 bits per heavy atom. The molecule has 19 heavy (non-hydrogen) atoms. The number of hydrogen-bond donors (Lipinski definition) is 3. The van der Waals surface area contributed by atoms with E-state index in [2.05, 4.69) is 10.2 Å². The van der Waals surface area contributed by atoms with Crippen LogP contribution in [0.25, 0.3) is 0 Å². The molecule has 1 aliphatic rings. The van der Waals surface area contributed by atoms with Crippen LogP contribution in [0, 0.1) is 0 Å². The standard InChI is InChI=1S/C14H21N3O2/c15-14(19)16-12-10-11(4-5-13(12)18)6-9-17-7-2-1-3-8-17/h4-5,10,18H,1-3,6-9H2,(H3,15,16,19). The number of phenolic OH excluding ortho intramolecular Hbond substituents is 1. The molecule has 0 atom stereocenters. The molecular formula is C14H21N3O2. The third-order valence-electron chi connectivity index (χ3n) is 3.48. The molecule has 1 aromatic carbocycles.